The van der Waals surface area contributed by atoms with Crippen LogP contribution < -0.4 is 11.2 Å². The van der Waals surface area contributed by atoms with Gasteiger partial charge in [-0.15, -0.1) is 12.4 Å². The van der Waals surface area contributed by atoms with Crippen molar-refractivity contribution in [3.63, 3.8) is 0 Å². The van der Waals surface area contributed by atoms with Crippen molar-refractivity contribution in [2.24, 2.45) is 5.73 Å². The number of halogens is 1. The fraction of sp³-hybridized carbons (Fsp3) is 0.0476. The molecular weight excluding hydrogens is 382 g/mol. The van der Waals surface area contributed by atoms with Crippen molar-refractivity contribution in [3.05, 3.63) is 75.9 Å². The molecule has 0 fully saturated rings. The first-order valence-corrected chi connectivity index (χ1v) is 8.25. The standard InChI is InChI=1S/C21H15NO5.ClH/c22-10-16-17(24)8-7-15-19(12-3-1-2-4-13(12)21(25)26)14-6-5-11(23)9-18(14)27-20(15)16;/h1-9,24H,10,22H2,(H,25,26);1H. The Balaban J connectivity index is 0.00000225. The van der Waals surface area contributed by atoms with Crippen molar-refractivity contribution in [1.82, 2.24) is 0 Å². The smallest absolute Gasteiger partial charge is 0.336 e. The predicted octanol–water partition coefficient (Wildman–Crippen LogP) is 3.85. The van der Waals surface area contributed by atoms with E-state index in [4.69, 9.17) is 10.2 Å². The van der Waals surface area contributed by atoms with E-state index >= 15 is 0 Å². The fourth-order valence-corrected chi connectivity index (χ4v) is 3.35. The van der Waals surface area contributed by atoms with Gasteiger partial charge in [-0.05, 0) is 35.9 Å². The summed E-state index contributed by atoms with van der Waals surface area (Å²) >= 11 is 0. The quantitative estimate of drug-likeness (QED) is 0.452. The Morgan fingerprint density at radius 2 is 1.79 bits per heavy atom. The van der Waals surface area contributed by atoms with Gasteiger partial charge in [0, 0.05) is 29.1 Å². The number of rotatable bonds is 3. The van der Waals surface area contributed by atoms with Gasteiger partial charge in [-0.25, -0.2) is 4.79 Å². The lowest BCUT2D eigenvalue weighted by atomic mass is 9.90. The van der Waals surface area contributed by atoms with E-state index in [0.717, 1.165) is 0 Å². The minimum atomic E-state index is -1.06. The molecule has 28 heavy (non-hydrogen) atoms. The first-order valence-electron chi connectivity index (χ1n) is 8.25. The molecule has 1 aliphatic carbocycles. The van der Waals surface area contributed by atoms with Gasteiger partial charge in [0.1, 0.15) is 17.1 Å². The second-order valence-corrected chi connectivity index (χ2v) is 6.13. The number of carboxylic acid groups (broad SMARTS) is 1. The van der Waals surface area contributed by atoms with E-state index < -0.39 is 5.97 Å². The van der Waals surface area contributed by atoms with Crippen LogP contribution in [0.4, 0.5) is 0 Å². The highest BCUT2D eigenvalue weighted by molar-refractivity contribution is 6.08. The number of fused-ring (bicyclic) bond motifs is 2. The molecule has 4 N–H and O–H groups in total. The van der Waals surface area contributed by atoms with Crippen molar-refractivity contribution >= 4 is 29.3 Å². The maximum Gasteiger partial charge on any atom is 0.336 e. The van der Waals surface area contributed by atoms with Gasteiger partial charge in [0.15, 0.2) is 5.43 Å². The molecular formula is C21H16ClNO5. The van der Waals surface area contributed by atoms with Gasteiger partial charge in [0.25, 0.3) is 0 Å². The van der Waals surface area contributed by atoms with Crippen LogP contribution in [0, 0.1) is 0 Å². The van der Waals surface area contributed by atoms with Crippen LogP contribution in [0.2, 0.25) is 0 Å². The Labute approximate surface area is 165 Å². The lowest BCUT2D eigenvalue weighted by Gasteiger charge is -2.18. The Morgan fingerprint density at radius 1 is 1.04 bits per heavy atom. The largest absolute Gasteiger partial charge is 0.507 e. The molecule has 0 atom stereocenters. The van der Waals surface area contributed by atoms with E-state index in [1.54, 1.807) is 30.3 Å². The molecule has 0 aromatic heterocycles. The highest BCUT2D eigenvalue weighted by Gasteiger charge is 2.23. The van der Waals surface area contributed by atoms with Crippen LogP contribution in [0.5, 0.6) is 5.75 Å². The molecule has 0 saturated heterocycles. The van der Waals surface area contributed by atoms with Crippen LogP contribution in [0.3, 0.4) is 0 Å². The summed E-state index contributed by atoms with van der Waals surface area (Å²) in [4.78, 5) is 23.6. The van der Waals surface area contributed by atoms with E-state index in [2.05, 4.69) is 0 Å². The molecule has 2 aromatic carbocycles. The molecule has 0 amide bonds. The van der Waals surface area contributed by atoms with Gasteiger partial charge in [-0.3, -0.25) is 4.79 Å². The SMILES string of the molecule is Cl.NCc1c(O)ccc2c(-c3ccccc3C(=O)O)c3ccc(=O)cc-3oc12. The number of aromatic hydroxyl groups is 1. The van der Waals surface area contributed by atoms with Crippen LogP contribution >= 0.6 is 12.4 Å². The Bertz CT molecular complexity index is 1230. The summed E-state index contributed by atoms with van der Waals surface area (Å²) in [6, 6.07) is 14.1. The number of hydrogen-bond donors (Lipinski definition) is 3. The molecule has 0 spiro atoms. The number of carbonyl (C=O) groups is 1. The summed E-state index contributed by atoms with van der Waals surface area (Å²) in [5.74, 6) is -0.791. The Morgan fingerprint density at radius 3 is 2.50 bits per heavy atom. The molecule has 2 aliphatic rings. The number of benzene rings is 3. The van der Waals surface area contributed by atoms with Gasteiger partial charge in [-0.1, -0.05) is 18.2 Å². The summed E-state index contributed by atoms with van der Waals surface area (Å²) in [5.41, 5.74) is 8.08. The zero-order valence-corrected chi connectivity index (χ0v) is 15.3. The first-order chi connectivity index (χ1) is 13.0. The summed E-state index contributed by atoms with van der Waals surface area (Å²) < 4.78 is 5.90. The average Bonchev–Trinajstić information content (AvgIpc) is 2.66. The maximum absolute atomic E-state index is 11.8. The third kappa shape index (κ3) is 2.98. The van der Waals surface area contributed by atoms with Crippen molar-refractivity contribution in [3.8, 4) is 28.2 Å². The van der Waals surface area contributed by atoms with Crippen LogP contribution in [-0.4, -0.2) is 16.2 Å². The van der Waals surface area contributed by atoms with Crippen molar-refractivity contribution in [2.45, 2.75) is 6.54 Å². The molecule has 0 radical (unpaired) electrons. The number of phenolic OH excluding ortho intramolecular Hbond substituents is 1. The van der Waals surface area contributed by atoms with Crippen molar-refractivity contribution in [2.75, 3.05) is 0 Å². The normalized spacial score (nSPS) is 10.8. The molecule has 0 unspecified atom stereocenters. The molecule has 1 heterocycles. The number of aromatic carboxylic acids is 1. The maximum atomic E-state index is 11.8. The molecule has 4 rings (SSSR count). The zero-order chi connectivity index (χ0) is 19.1. The van der Waals surface area contributed by atoms with E-state index in [9.17, 15) is 19.8 Å². The minimum absolute atomic E-state index is 0. The van der Waals surface area contributed by atoms with Crippen molar-refractivity contribution in [1.29, 1.82) is 0 Å². The monoisotopic (exact) mass is 397 g/mol. The summed E-state index contributed by atoms with van der Waals surface area (Å²) in [7, 11) is 0. The highest BCUT2D eigenvalue weighted by Crippen LogP contribution is 2.43. The van der Waals surface area contributed by atoms with Crippen LogP contribution in [0.1, 0.15) is 15.9 Å². The molecule has 1 aliphatic heterocycles. The van der Waals surface area contributed by atoms with E-state index in [1.165, 1.54) is 24.3 Å². The Kier molecular flexibility index (Phi) is 5.09. The minimum Gasteiger partial charge on any atom is -0.507 e. The van der Waals surface area contributed by atoms with E-state index in [-0.39, 0.29) is 35.7 Å². The predicted molar refractivity (Wildman–Crippen MR) is 108 cm³/mol. The van der Waals surface area contributed by atoms with Crippen molar-refractivity contribution < 1.29 is 19.4 Å². The van der Waals surface area contributed by atoms with Gasteiger partial charge >= 0.3 is 5.97 Å². The molecule has 6 nitrogen and oxygen atoms in total. The summed E-state index contributed by atoms with van der Waals surface area (Å²) in [6.45, 7) is 0.0231. The summed E-state index contributed by atoms with van der Waals surface area (Å²) in [6.07, 6.45) is 0. The molecule has 7 heteroatoms. The molecule has 0 saturated carbocycles. The van der Waals surface area contributed by atoms with Gasteiger partial charge in [0.2, 0.25) is 0 Å². The second kappa shape index (κ2) is 7.34. The second-order valence-electron chi connectivity index (χ2n) is 6.13. The third-order valence-electron chi connectivity index (χ3n) is 4.57. The Hall–Kier alpha value is -3.35. The summed E-state index contributed by atoms with van der Waals surface area (Å²) in [5, 5.41) is 20.4. The third-order valence-corrected chi connectivity index (χ3v) is 4.57. The topological polar surface area (TPSA) is 114 Å². The number of hydrogen-bond acceptors (Lipinski definition) is 5. The highest BCUT2D eigenvalue weighted by atomic mass is 35.5. The lowest BCUT2D eigenvalue weighted by molar-refractivity contribution is 0.0697. The molecule has 2 aromatic rings. The van der Waals surface area contributed by atoms with Crippen LogP contribution in [0.25, 0.3) is 33.4 Å². The fourth-order valence-electron chi connectivity index (χ4n) is 3.35. The number of nitrogens with two attached hydrogens (primary N) is 1. The molecule has 142 valence electrons. The van der Waals surface area contributed by atoms with Gasteiger partial charge < -0.3 is 20.4 Å². The first kappa shape index (κ1) is 19.4. The van der Waals surface area contributed by atoms with Gasteiger partial charge in [0.05, 0.1) is 11.1 Å². The number of carboxylic acids is 1. The van der Waals surface area contributed by atoms with Crippen LogP contribution in [0.15, 0.2) is 63.8 Å². The zero-order valence-electron chi connectivity index (χ0n) is 14.5. The number of phenols is 1. The van der Waals surface area contributed by atoms with E-state index in [0.29, 0.717) is 39.0 Å². The van der Waals surface area contributed by atoms with Crippen LogP contribution in [-0.2, 0) is 6.54 Å². The molecule has 0 bridgehead atoms. The van der Waals surface area contributed by atoms with Gasteiger partial charge in [-0.2, -0.15) is 0 Å². The average molecular weight is 398 g/mol. The van der Waals surface area contributed by atoms with E-state index in [1.807, 2.05) is 0 Å². The lowest BCUT2D eigenvalue weighted by Crippen LogP contribution is -2.05.